The van der Waals surface area contributed by atoms with Gasteiger partial charge in [-0.1, -0.05) is 68.2 Å². The van der Waals surface area contributed by atoms with Gasteiger partial charge in [-0.2, -0.15) is 9.78 Å². The summed E-state index contributed by atoms with van der Waals surface area (Å²) in [6.07, 6.45) is -0.483. The van der Waals surface area contributed by atoms with Crippen molar-refractivity contribution in [2.45, 2.75) is 33.2 Å². The average Bonchev–Trinajstić information content (AvgIpc) is 3.22. The van der Waals surface area contributed by atoms with Gasteiger partial charge in [0.1, 0.15) is 18.1 Å². The summed E-state index contributed by atoms with van der Waals surface area (Å²) in [4.78, 5) is 37.0. The number of halogens is 3. The maximum Gasteiger partial charge on any atom is 0.305 e. The van der Waals surface area contributed by atoms with Crippen molar-refractivity contribution in [3.8, 4) is 11.6 Å². The molecule has 2 aromatic carbocycles. The summed E-state index contributed by atoms with van der Waals surface area (Å²) < 4.78 is 21.2. The number of aromatic nitrogens is 2. The monoisotopic (exact) mass is 535 g/mol. The van der Waals surface area contributed by atoms with E-state index in [4.69, 9.17) is 27.9 Å². The van der Waals surface area contributed by atoms with Crippen molar-refractivity contribution >= 4 is 40.9 Å². The number of aliphatic carboxylic acids is 1. The SMILES string of the molecule is CC(C)(C)C(=O)COc1cc(C(=O)N[C@@H](CC(=O)O)c2cccc(Cl)c2Cl)nn1-c1ccccc1F. The number of ketones is 1. The molecule has 0 aliphatic rings. The number of nitrogens with one attached hydrogen (secondary N) is 1. The lowest BCUT2D eigenvalue weighted by Gasteiger charge is -2.18. The molecule has 0 spiro atoms. The van der Waals surface area contributed by atoms with E-state index in [2.05, 4.69) is 10.4 Å². The molecule has 0 fully saturated rings. The molecule has 0 unspecified atom stereocenters. The van der Waals surface area contributed by atoms with Crippen LogP contribution >= 0.6 is 23.2 Å². The van der Waals surface area contributed by atoms with Gasteiger partial charge in [0.25, 0.3) is 5.91 Å². The van der Waals surface area contributed by atoms with Crippen molar-refractivity contribution in [3.05, 3.63) is 75.7 Å². The van der Waals surface area contributed by atoms with E-state index in [-0.39, 0.29) is 39.7 Å². The Labute approximate surface area is 217 Å². The van der Waals surface area contributed by atoms with Gasteiger partial charge in [-0.3, -0.25) is 14.4 Å². The van der Waals surface area contributed by atoms with Crippen molar-refractivity contribution in [2.75, 3.05) is 6.61 Å². The molecule has 0 radical (unpaired) electrons. The second kappa shape index (κ2) is 11.1. The molecular formula is C25H24Cl2FN3O5. The van der Waals surface area contributed by atoms with Crippen LogP contribution in [-0.2, 0) is 9.59 Å². The summed E-state index contributed by atoms with van der Waals surface area (Å²) in [6.45, 7) is 4.87. The quantitative estimate of drug-likeness (QED) is 0.386. The third kappa shape index (κ3) is 6.41. The Hall–Kier alpha value is -3.43. The van der Waals surface area contributed by atoms with E-state index >= 15 is 0 Å². The second-order valence-electron chi connectivity index (χ2n) is 8.96. The van der Waals surface area contributed by atoms with Crippen molar-refractivity contribution in [1.29, 1.82) is 0 Å². The van der Waals surface area contributed by atoms with E-state index in [9.17, 15) is 23.9 Å². The van der Waals surface area contributed by atoms with E-state index in [1.54, 1.807) is 39.0 Å². The maximum atomic E-state index is 14.5. The van der Waals surface area contributed by atoms with Crippen molar-refractivity contribution in [1.82, 2.24) is 15.1 Å². The fourth-order valence-corrected chi connectivity index (χ4v) is 3.60. The number of nitrogens with zero attached hydrogens (tertiary/aromatic N) is 2. The van der Waals surface area contributed by atoms with Crippen LogP contribution < -0.4 is 10.1 Å². The zero-order valence-corrected chi connectivity index (χ0v) is 21.2. The minimum Gasteiger partial charge on any atom is -0.481 e. The first-order valence-electron chi connectivity index (χ1n) is 10.9. The summed E-state index contributed by atoms with van der Waals surface area (Å²) in [7, 11) is 0. The lowest BCUT2D eigenvalue weighted by atomic mass is 9.91. The molecule has 3 aromatic rings. The van der Waals surface area contributed by atoms with Crippen molar-refractivity contribution in [2.24, 2.45) is 5.41 Å². The van der Waals surface area contributed by atoms with E-state index in [1.807, 2.05) is 0 Å². The number of carbonyl (C=O) groups is 3. The molecule has 0 saturated heterocycles. The lowest BCUT2D eigenvalue weighted by Crippen LogP contribution is -2.30. The molecule has 0 aliphatic heterocycles. The van der Waals surface area contributed by atoms with E-state index in [0.29, 0.717) is 5.56 Å². The normalized spacial score (nSPS) is 12.2. The Morgan fingerprint density at radius 3 is 2.47 bits per heavy atom. The molecule has 1 atom stereocenters. The molecular weight excluding hydrogens is 512 g/mol. The third-order valence-electron chi connectivity index (χ3n) is 5.22. The Balaban J connectivity index is 1.96. The molecule has 3 rings (SSSR count). The van der Waals surface area contributed by atoms with E-state index in [0.717, 1.165) is 4.68 Å². The number of carboxylic acid groups (broad SMARTS) is 1. The van der Waals surface area contributed by atoms with Crippen LogP contribution in [0.1, 0.15) is 49.3 Å². The Morgan fingerprint density at radius 2 is 1.83 bits per heavy atom. The van der Waals surface area contributed by atoms with Crippen LogP contribution in [0.5, 0.6) is 5.88 Å². The molecule has 11 heteroatoms. The molecule has 2 N–H and O–H groups in total. The molecule has 36 heavy (non-hydrogen) atoms. The minimum atomic E-state index is -1.18. The summed E-state index contributed by atoms with van der Waals surface area (Å²) in [6, 6.07) is 10.6. The fraction of sp³-hybridized carbons (Fsp3) is 0.280. The molecule has 0 bridgehead atoms. The summed E-state index contributed by atoms with van der Waals surface area (Å²) in [5.41, 5.74) is -0.566. The van der Waals surface area contributed by atoms with Crippen molar-refractivity contribution in [3.63, 3.8) is 0 Å². The summed E-state index contributed by atoms with van der Waals surface area (Å²) in [5.74, 6) is -2.84. The number of carboxylic acids is 1. The van der Waals surface area contributed by atoms with Gasteiger partial charge in [-0.25, -0.2) is 4.39 Å². The molecule has 1 aromatic heterocycles. The van der Waals surface area contributed by atoms with Crippen LogP contribution in [0.3, 0.4) is 0 Å². The Bertz CT molecular complexity index is 1300. The molecule has 0 aliphatic carbocycles. The number of hydrogen-bond donors (Lipinski definition) is 2. The Morgan fingerprint density at radius 1 is 1.14 bits per heavy atom. The predicted octanol–water partition coefficient (Wildman–Crippen LogP) is 5.26. The number of para-hydroxylation sites is 1. The number of carbonyl (C=O) groups excluding carboxylic acids is 2. The van der Waals surface area contributed by atoms with Gasteiger partial charge in [0, 0.05) is 11.5 Å². The van der Waals surface area contributed by atoms with Crippen LogP contribution in [0.2, 0.25) is 10.0 Å². The van der Waals surface area contributed by atoms with Gasteiger partial charge in [-0.15, -0.1) is 0 Å². The standard InChI is InChI=1S/C25H24Cl2FN3O5/c1-25(2,3)20(32)13-36-21-11-18(30-31(21)19-10-5-4-9-16(19)28)24(35)29-17(12-22(33)34)14-7-6-8-15(26)23(14)27/h4-11,17H,12-13H2,1-3H3,(H,29,35)(H,33,34)/t17-/m0/s1. The fourth-order valence-electron chi connectivity index (χ4n) is 3.16. The van der Waals surface area contributed by atoms with E-state index in [1.165, 1.54) is 30.3 Å². The maximum absolute atomic E-state index is 14.5. The van der Waals surface area contributed by atoms with Gasteiger partial charge in [0.05, 0.1) is 22.5 Å². The highest BCUT2D eigenvalue weighted by Gasteiger charge is 2.26. The first-order chi connectivity index (χ1) is 16.9. The summed E-state index contributed by atoms with van der Waals surface area (Å²) in [5, 5.41) is 16.4. The zero-order chi connectivity index (χ0) is 26.6. The molecule has 190 valence electrons. The van der Waals surface area contributed by atoms with Gasteiger partial charge >= 0.3 is 5.97 Å². The largest absolute Gasteiger partial charge is 0.481 e. The average molecular weight is 536 g/mol. The van der Waals surface area contributed by atoms with Crippen LogP contribution in [0.15, 0.2) is 48.5 Å². The van der Waals surface area contributed by atoms with Gasteiger partial charge in [-0.05, 0) is 23.8 Å². The third-order valence-corrected chi connectivity index (χ3v) is 6.05. The van der Waals surface area contributed by atoms with Gasteiger partial charge in [0.2, 0.25) is 5.88 Å². The number of amides is 1. The predicted molar refractivity (Wildman–Crippen MR) is 132 cm³/mol. The highest BCUT2D eigenvalue weighted by molar-refractivity contribution is 6.42. The minimum absolute atomic E-state index is 0.00488. The highest BCUT2D eigenvalue weighted by Crippen LogP contribution is 2.32. The van der Waals surface area contributed by atoms with Crippen LogP contribution in [0.4, 0.5) is 4.39 Å². The number of Topliss-reactive ketones (excluding diaryl/α,β-unsaturated/α-hetero) is 1. The van der Waals surface area contributed by atoms with Crippen LogP contribution in [-0.4, -0.2) is 39.2 Å². The topological polar surface area (TPSA) is 111 Å². The first-order valence-corrected chi connectivity index (χ1v) is 11.6. The zero-order valence-electron chi connectivity index (χ0n) is 19.7. The number of hydrogen-bond acceptors (Lipinski definition) is 5. The van der Waals surface area contributed by atoms with Crippen LogP contribution in [0, 0.1) is 11.2 Å². The lowest BCUT2D eigenvalue weighted by molar-refractivity contribution is -0.137. The molecule has 8 nitrogen and oxygen atoms in total. The molecule has 0 saturated carbocycles. The molecule has 1 amide bonds. The smallest absolute Gasteiger partial charge is 0.305 e. The summed E-state index contributed by atoms with van der Waals surface area (Å²) >= 11 is 12.3. The number of rotatable bonds is 9. The van der Waals surface area contributed by atoms with Gasteiger partial charge < -0.3 is 15.2 Å². The second-order valence-corrected chi connectivity index (χ2v) is 9.75. The van der Waals surface area contributed by atoms with Crippen LogP contribution in [0.25, 0.3) is 5.69 Å². The van der Waals surface area contributed by atoms with Crippen molar-refractivity contribution < 1.29 is 28.6 Å². The van der Waals surface area contributed by atoms with E-state index < -0.39 is 35.6 Å². The highest BCUT2D eigenvalue weighted by atomic mass is 35.5. The van der Waals surface area contributed by atoms with Gasteiger partial charge in [0.15, 0.2) is 11.5 Å². The Kier molecular flexibility index (Phi) is 8.37. The first kappa shape index (κ1) is 27.2. The molecule has 1 heterocycles. The number of benzene rings is 2. The number of ether oxygens (including phenoxy) is 1.